The fourth-order valence-electron chi connectivity index (χ4n) is 2.52. The third kappa shape index (κ3) is 6.43. The van der Waals surface area contributed by atoms with E-state index >= 15 is 0 Å². The van der Waals surface area contributed by atoms with Crippen LogP contribution in [0, 0.1) is 0 Å². The summed E-state index contributed by atoms with van der Waals surface area (Å²) in [7, 11) is 4.17. The molecule has 0 aliphatic heterocycles. The van der Waals surface area contributed by atoms with Crippen LogP contribution in [0.15, 0.2) is 67.0 Å². The van der Waals surface area contributed by atoms with Crippen LogP contribution in [-0.2, 0) is 11.3 Å². The number of fused-ring (bicyclic) bond motifs is 1. The van der Waals surface area contributed by atoms with Crippen molar-refractivity contribution in [1.82, 2.24) is 9.88 Å². The second kappa shape index (κ2) is 9.64. The summed E-state index contributed by atoms with van der Waals surface area (Å²) in [5.74, 6) is 0.530. The van der Waals surface area contributed by atoms with Gasteiger partial charge in [-0.05, 0) is 68.9 Å². The Morgan fingerprint density at radius 1 is 1.28 bits per heavy atom. The lowest BCUT2D eigenvalue weighted by atomic mass is 10.1. The summed E-state index contributed by atoms with van der Waals surface area (Å²) in [6.07, 6.45) is 9.71. The van der Waals surface area contributed by atoms with Crippen molar-refractivity contribution in [1.29, 1.82) is 0 Å². The van der Waals surface area contributed by atoms with Gasteiger partial charge in [0.15, 0.2) is 0 Å². The molecule has 0 unspecified atom stereocenters. The van der Waals surface area contributed by atoms with Crippen molar-refractivity contribution in [2.45, 2.75) is 19.4 Å². The number of nitrogens with zero attached hydrogens (tertiary/aromatic N) is 2. The molecular formula is C21H27N3O. The molecule has 132 valence electrons. The normalized spacial score (nSPS) is 12.2. The van der Waals surface area contributed by atoms with Gasteiger partial charge in [0.2, 0.25) is 0 Å². The van der Waals surface area contributed by atoms with E-state index < -0.39 is 0 Å². The van der Waals surface area contributed by atoms with Crippen LogP contribution in [0.2, 0.25) is 0 Å². The maximum atomic E-state index is 5.75. The summed E-state index contributed by atoms with van der Waals surface area (Å²) in [6, 6.07) is 9.88. The minimum absolute atomic E-state index is 0.502. The molecule has 25 heavy (non-hydrogen) atoms. The zero-order chi connectivity index (χ0) is 18.1. The van der Waals surface area contributed by atoms with Gasteiger partial charge >= 0.3 is 0 Å². The largest absolute Gasteiger partial charge is 0.497 e. The van der Waals surface area contributed by atoms with E-state index in [1.165, 1.54) is 5.57 Å². The first kappa shape index (κ1) is 18.7. The smallest absolute Gasteiger partial charge is 0.124 e. The van der Waals surface area contributed by atoms with Crippen LogP contribution in [-0.4, -0.2) is 30.5 Å². The van der Waals surface area contributed by atoms with Crippen LogP contribution in [0.4, 0.5) is 5.82 Å². The van der Waals surface area contributed by atoms with E-state index in [0.717, 1.165) is 35.9 Å². The summed E-state index contributed by atoms with van der Waals surface area (Å²) in [5, 5.41) is 1.07. The van der Waals surface area contributed by atoms with Crippen molar-refractivity contribution < 1.29 is 4.74 Å². The van der Waals surface area contributed by atoms with Crippen molar-refractivity contribution in [3.8, 4) is 0 Å². The fourth-order valence-corrected chi connectivity index (χ4v) is 2.52. The Balaban J connectivity index is 1.90. The summed E-state index contributed by atoms with van der Waals surface area (Å²) in [6.45, 7) is 5.34. The zero-order valence-corrected chi connectivity index (χ0v) is 15.1. The average Bonchev–Trinajstić information content (AvgIpc) is 2.58. The van der Waals surface area contributed by atoms with Crippen molar-refractivity contribution in [2.24, 2.45) is 0 Å². The number of allylic oxidation sites excluding steroid dienone is 4. The molecule has 0 saturated carbocycles. The first-order valence-electron chi connectivity index (χ1n) is 8.48. The molecular weight excluding hydrogens is 310 g/mol. The molecule has 0 atom stereocenters. The Labute approximate surface area is 150 Å². The summed E-state index contributed by atoms with van der Waals surface area (Å²) in [4.78, 5) is 6.53. The predicted octanol–water partition coefficient (Wildman–Crippen LogP) is 4.30. The van der Waals surface area contributed by atoms with E-state index in [0.29, 0.717) is 12.4 Å². The molecule has 0 radical (unpaired) electrons. The predicted molar refractivity (Wildman–Crippen MR) is 106 cm³/mol. The molecule has 0 aliphatic carbocycles. The first-order valence-corrected chi connectivity index (χ1v) is 8.48. The quantitative estimate of drug-likeness (QED) is 0.547. The Morgan fingerprint density at radius 3 is 2.84 bits per heavy atom. The van der Waals surface area contributed by atoms with Crippen LogP contribution in [0.25, 0.3) is 10.9 Å². The Hall–Kier alpha value is -2.59. The lowest BCUT2D eigenvalue weighted by Gasteiger charge is -2.09. The van der Waals surface area contributed by atoms with Gasteiger partial charge in [-0.3, -0.25) is 0 Å². The zero-order valence-electron chi connectivity index (χ0n) is 15.1. The second-order valence-electron chi connectivity index (χ2n) is 6.26. The maximum Gasteiger partial charge on any atom is 0.124 e. The van der Waals surface area contributed by atoms with E-state index in [9.17, 15) is 0 Å². The van der Waals surface area contributed by atoms with E-state index in [1.807, 2.05) is 48.6 Å². The third-order valence-electron chi connectivity index (χ3n) is 3.81. The molecule has 0 saturated heterocycles. The van der Waals surface area contributed by atoms with Gasteiger partial charge in [-0.25, -0.2) is 4.98 Å². The molecule has 2 aromatic rings. The third-order valence-corrected chi connectivity index (χ3v) is 3.81. The number of hydrogen-bond donors (Lipinski definition) is 1. The van der Waals surface area contributed by atoms with E-state index in [1.54, 1.807) is 6.26 Å². The minimum atomic E-state index is 0.502. The Kier molecular flexibility index (Phi) is 7.23. The van der Waals surface area contributed by atoms with Gasteiger partial charge in [-0.15, -0.1) is 0 Å². The number of anilines is 1. The summed E-state index contributed by atoms with van der Waals surface area (Å²) in [5.41, 5.74) is 8.91. The molecule has 0 aliphatic rings. The van der Waals surface area contributed by atoms with Crippen molar-refractivity contribution in [3.05, 3.63) is 72.5 Å². The standard InChI is InChI=1S/C21H27N3O/c1-4-6-17(7-5-13-24(2)3)12-14-25-16-18-8-9-19-10-11-21(22)23-20(19)15-18/h4,6,8-12,14-15H,1,5,7,13,16H2,2-3H3,(H2,22,23)/b14-12+,17-6-. The monoisotopic (exact) mass is 337 g/mol. The van der Waals surface area contributed by atoms with E-state index in [2.05, 4.69) is 30.6 Å². The van der Waals surface area contributed by atoms with Gasteiger partial charge in [0.1, 0.15) is 12.4 Å². The van der Waals surface area contributed by atoms with Crippen LogP contribution < -0.4 is 5.73 Å². The van der Waals surface area contributed by atoms with E-state index in [4.69, 9.17) is 10.5 Å². The van der Waals surface area contributed by atoms with Crippen LogP contribution in [0.3, 0.4) is 0 Å². The molecule has 2 rings (SSSR count). The molecule has 0 bridgehead atoms. The van der Waals surface area contributed by atoms with Crippen LogP contribution in [0.1, 0.15) is 18.4 Å². The number of benzene rings is 1. The number of pyridine rings is 1. The highest BCUT2D eigenvalue weighted by Crippen LogP contribution is 2.16. The number of nitrogens with two attached hydrogens (primary N) is 1. The molecule has 1 aromatic heterocycles. The van der Waals surface area contributed by atoms with Gasteiger partial charge in [-0.1, -0.05) is 30.9 Å². The Morgan fingerprint density at radius 2 is 2.08 bits per heavy atom. The van der Waals surface area contributed by atoms with Crippen molar-refractivity contribution in [2.75, 3.05) is 26.4 Å². The van der Waals surface area contributed by atoms with Gasteiger partial charge in [0, 0.05) is 5.39 Å². The van der Waals surface area contributed by atoms with Crippen LogP contribution >= 0.6 is 0 Å². The topological polar surface area (TPSA) is 51.4 Å². The summed E-state index contributed by atoms with van der Waals surface area (Å²) < 4.78 is 5.68. The molecule has 4 nitrogen and oxygen atoms in total. The first-order chi connectivity index (χ1) is 12.1. The lowest BCUT2D eigenvalue weighted by Crippen LogP contribution is -2.12. The molecule has 4 heteroatoms. The lowest BCUT2D eigenvalue weighted by molar-refractivity contribution is 0.236. The van der Waals surface area contributed by atoms with E-state index in [-0.39, 0.29) is 0 Å². The van der Waals surface area contributed by atoms with Gasteiger partial charge in [0.05, 0.1) is 11.8 Å². The van der Waals surface area contributed by atoms with Crippen LogP contribution in [0.5, 0.6) is 0 Å². The molecule has 0 spiro atoms. The molecule has 2 N–H and O–H groups in total. The summed E-state index contributed by atoms with van der Waals surface area (Å²) >= 11 is 0. The molecule has 1 aromatic carbocycles. The minimum Gasteiger partial charge on any atom is -0.497 e. The van der Waals surface area contributed by atoms with Crippen molar-refractivity contribution >= 4 is 16.7 Å². The molecule has 0 fully saturated rings. The highest BCUT2D eigenvalue weighted by atomic mass is 16.5. The van der Waals surface area contributed by atoms with Gasteiger partial charge in [-0.2, -0.15) is 0 Å². The fraction of sp³-hybridized carbons (Fsp3) is 0.286. The molecule has 1 heterocycles. The van der Waals surface area contributed by atoms with Gasteiger partial charge < -0.3 is 15.4 Å². The van der Waals surface area contributed by atoms with Gasteiger partial charge in [0.25, 0.3) is 0 Å². The van der Waals surface area contributed by atoms with Crippen molar-refractivity contribution in [3.63, 3.8) is 0 Å². The second-order valence-corrected chi connectivity index (χ2v) is 6.26. The number of nitrogen functional groups attached to an aromatic ring is 1. The highest BCUT2D eigenvalue weighted by Gasteiger charge is 1.99. The maximum absolute atomic E-state index is 5.75. The number of rotatable bonds is 9. The highest BCUT2D eigenvalue weighted by molar-refractivity contribution is 5.80. The SMILES string of the molecule is C=C/C=C(\C=C\OCc1ccc2ccc(N)nc2c1)CCCN(C)C. The average molecular weight is 337 g/mol. The molecule has 0 amide bonds. The Bertz CT molecular complexity index is 763. The number of ether oxygens (including phenoxy) is 1. The number of hydrogen-bond acceptors (Lipinski definition) is 4. The number of aromatic nitrogens is 1.